The Morgan fingerprint density at radius 1 is 0.805 bits per heavy atom. The van der Waals surface area contributed by atoms with Crippen LogP contribution in [0.15, 0.2) is 60.7 Å². The van der Waals surface area contributed by atoms with Crippen molar-refractivity contribution in [3.05, 3.63) is 71.8 Å². The van der Waals surface area contributed by atoms with Gasteiger partial charge in [-0.1, -0.05) is 60.7 Å². The summed E-state index contributed by atoms with van der Waals surface area (Å²) in [4.78, 5) is 54.8. The van der Waals surface area contributed by atoms with Crippen LogP contribution in [0.3, 0.4) is 0 Å². The van der Waals surface area contributed by atoms with Gasteiger partial charge in [-0.3, -0.25) is 9.59 Å². The molecule has 0 fully saturated rings. The van der Waals surface area contributed by atoms with Crippen LogP contribution in [0.2, 0.25) is 0 Å². The fraction of sp³-hybridized carbons (Fsp3) is 0.484. The number of carbonyl (C=O) groups excluding carboxylic acids is 4. The fourth-order valence-corrected chi connectivity index (χ4v) is 4.32. The van der Waals surface area contributed by atoms with Crippen LogP contribution in [0.1, 0.15) is 65.6 Å². The van der Waals surface area contributed by atoms with Crippen molar-refractivity contribution in [3.63, 3.8) is 0 Å². The van der Waals surface area contributed by atoms with E-state index in [0.717, 1.165) is 5.56 Å². The Hall–Kier alpha value is -3.53. The first-order valence-electron chi connectivity index (χ1n) is 13.7. The molecule has 0 aliphatic carbocycles. The number of nitrogens with zero attached hydrogens (tertiary/aromatic N) is 1. The van der Waals surface area contributed by atoms with E-state index in [4.69, 9.17) is 9.47 Å². The summed E-state index contributed by atoms with van der Waals surface area (Å²) < 4.78 is 10.9. The Morgan fingerprint density at radius 2 is 1.34 bits per heavy atom. The number of rotatable bonds is 11. The first kappa shape index (κ1) is 33.7. The van der Waals surface area contributed by atoms with Crippen molar-refractivity contribution in [3.8, 4) is 0 Å². The third-order valence-corrected chi connectivity index (χ3v) is 6.13. The maximum Gasteiger partial charge on any atom is 0.408 e. The predicted molar refractivity (Wildman–Crippen MR) is 162 cm³/mol. The van der Waals surface area contributed by atoms with Crippen LogP contribution in [-0.4, -0.2) is 64.4 Å². The minimum Gasteiger partial charge on any atom is -0.458 e. The van der Waals surface area contributed by atoms with E-state index in [-0.39, 0.29) is 18.7 Å². The van der Waals surface area contributed by atoms with E-state index in [0.29, 0.717) is 5.56 Å². The maximum atomic E-state index is 14.0. The largest absolute Gasteiger partial charge is 0.458 e. The van der Waals surface area contributed by atoms with Gasteiger partial charge in [0.2, 0.25) is 11.8 Å². The highest BCUT2D eigenvalue weighted by Gasteiger charge is 2.37. The molecule has 2 aromatic rings. The standard InChI is InChI=1S/C31H43N3O6S/c1-8-34(27(36)24(20-41)33-29(38)40-31(5,6)7)25(22-17-13-10-14-18-22)26(35)32-23(28(37)39-30(2,3)4)19-21-15-11-9-12-16-21/h9-18,23-25,41H,8,19-20H2,1-7H3,(H,32,35)(H,33,38). The first-order valence-corrected chi connectivity index (χ1v) is 14.3. The molecule has 0 spiro atoms. The molecule has 0 radical (unpaired) electrons. The average Bonchev–Trinajstić information content (AvgIpc) is 2.88. The highest BCUT2D eigenvalue weighted by atomic mass is 32.1. The molecular weight excluding hydrogens is 542 g/mol. The second-order valence-corrected chi connectivity index (χ2v) is 12.0. The van der Waals surface area contributed by atoms with E-state index in [1.54, 1.807) is 78.8 Å². The molecule has 0 aliphatic rings. The molecule has 0 saturated carbocycles. The molecule has 9 nitrogen and oxygen atoms in total. The molecule has 224 valence electrons. The molecule has 41 heavy (non-hydrogen) atoms. The number of alkyl carbamates (subject to hydrolysis) is 1. The Balaban J connectivity index is 2.42. The fourth-order valence-electron chi connectivity index (χ4n) is 4.08. The zero-order valence-corrected chi connectivity index (χ0v) is 25.9. The van der Waals surface area contributed by atoms with E-state index in [1.807, 2.05) is 30.3 Å². The number of esters is 1. The van der Waals surface area contributed by atoms with Crippen LogP contribution in [0.5, 0.6) is 0 Å². The van der Waals surface area contributed by atoms with Crippen LogP contribution in [0.4, 0.5) is 4.79 Å². The second-order valence-electron chi connectivity index (χ2n) is 11.6. The zero-order valence-electron chi connectivity index (χ0n) is 25.0. The third kappa shape index (κ3) is 11.1. The lowest BCUT2D eigenvalue weighted by Crippen LogP contribution is -2.55. The van der Waals surface area contributed by atoms with Gasteiger partial charge in [-0.2, -0.15) is 12.6 Å². The van der Waals surface area contributed by atoms with Crippen LogP contribution >= 0.6 is 12.6 Å². The van der Waals surface area contributed by atoms with Gasteiger partial charge in [0.1, 0.15) is 29.3 Å². The number of amides is 3. The maximum absolute atomic E-state index is 14.0. The molecule has 2 aromatic carbocycles. The van der Waals surface area contributed by atoms with Crippen molar-refractivity contribution >= 4 is 36.5 Å². The lowest BCUT2D eigenvalue weighted by molar-refractivity contribution is -0.159. The Bertz CT molecular complexity index is 1160. The van der Waals surface area contributed by atoms with Gasteiger partial charge in [-0.25, -0.2) is 9.59 Å². The molecule has 3 atom stereocenters. The van der Waals surface area contributed by atoms with Crippen LogP contribution in [0.25, 0.3) is 0 Å². The van der Waals surface area contributed by atoms with Crippen LogP contribution in [-0.2, 0) is 30.3 Å². The molecule has 0 heterocycles. The minimum atomic E-state index is -1.10. The van der Waals surface area contributed by atoms with E-state index >= 15 is 0 Å². The van der Waals surface area contributed by atoms with E-state index in [9.17, 15) is 19.2 Å². The van der Waals surface area contributed by atoms with Crippen molar-refractivity contribution < 1.29 is 28.7 Å². The summed E-state index contributed by atoms with van der Waals surface area (Å²) in [6.07, 6.45) is -0.572. The topological polar surface area (TPSA) is 114 Å². The van der Waals surface area contributed by atoms with E-state index in [1.165, 1.54) is 4.90 Å². The Labute approximate surface area is 248 Å². The van der Waals surface area contributed by atoms with E-state index in [2.05, 4.69) is 23.3 Å². The highest BCUT2D eigenvalue weighted by Crippen LogP contribution is 2.23. The van der Waals surface area contributed by atoms with Gasteiger partial charge in [-0.05, 0) is 59.6 Å². The summed E-state index contributed by atoms with van der Waals surface area (Å²) in [6, 6.07) is 14.9. The summed E-state index contributed by atoms with van der Waals surface area (Å²) in [5.41, 5.74) is -0.160. The molecule has 3 amide bonds. The number of benzene rings is 2. The van der Waals surface area contributed by atoms with Gasteiger partial charge in [0.25, 0.3) is 0 Å². The average molecular weight is 586 g/mol. The summed E-state index contributed by atoms with van der Waals surface area (Å²) in [6.45, 7) is 12.3. The highest BCUT2D eigenvalue weighted by molar-refractivity contribution is 7.80. The lowest BCUT2D eigenvalue weighted by atomic mass is 10.0. The number of nitrogens with one attached hydrogen (secondary N) is 2. The summed E-state index contributed by atoms with van der Waals surface area (Å²) in [5.74, 6) is -1.69. The van der Waals surface area contributed by atoms with Crippen molar-refractivity contribution in [2.45, 2.75) is 84.2 Å². The van der Waals surface area contributed by atoms with Crippen LogP contribution < -0.4 is 10.6 Å². The van der Waals surface area contributed by atoms with Gasteiger partial charge in [0, 0.05) is 18.7 Å². The third-order valence-electron chi connectivity index (χ3n) is 5.76. The monoisotopic (exact) mass is 585 g/mol. The summed E-state index contributed by atoms with van der Waals surface area (Å²) in [7, 11) is 0. The number of ether oxygens (including phenoxy) is 2. The molecule has 0 aliphatic heterocycles. The summed E-state index contributed by atoms with van der Waals surface area (Å²) in [5, 5.41) is 5.41. The number of hydrogen-bond acceptors (Lipinski definition) is 7. The molecule has 0 aromatic heterocycles. The normalized spacial score (nSPS) is 13.8. The summed E-state index contributed by atoms with van der Waals surface area (Å²) >= 11 is 4.28. The van der Waals surface area contributed by atoms with Crippen molar-refractivity contribution in [1.29, 1.82) is 0 Å². The lowest BCUT2D eigenvalue weighted by Gasteiger charge is -2.34. The molecule has 2 N–H and O–H groups in total. The number of hydrogen-bond donors (Lipinski definition) is 3. The van der Waals surface area contributed by atoms with Crippen LogP contribution in [0, 0.1) is 0 Å². The molecule has 0 bridgehead atoms. The number of likely N-dealkylation sites (N-methyl/N-ethyl adjacent to an activating group) is 1. The SMILES string of the molecule is CCN(C(=O)C(CS)NC(=O)OC(C)(C)C)C(C(=O)NC(Cc1ccccc1)C(=O)OC(C)(C)C)c1ccccc1. The van der Waals surface area contributed by atoms with Gasteiger partial charge in [0.15, 0.2) is 0 Å². The van der Waals surface area contributed by atoms with Crippen molar-refractivity contribution in [2.75, 3.05) is 12.3 Å². The molecule has 0 saturated heterocycles. The van der Waals surface area contributed by atoms with Gasteiger partial charge < -0.3 is 25.0 Å². The first-order chi connectivity index (χ1) is 19.1. The Kier molecular flexibility index (Phi) is 12.2. The Morgan fingerprint density at radius 3 is 1.83 bits per heavy atom. The van der Waals surface area contributed by atoms with E-state index < -0.39 is 53.2 Å². The second kappa shape index (κ2) is 14.9. The molecule has 2 rings (SSSR count). The molecule has 3 unspecified atom stereocenters. The number of carbonyl (C=O) groups is 4. The van der Waals surface area contributed by atoms with Gasteiger partial charge >= 0.3 is 12.1 Å². The van der Waals surface area contributed by atoms with Gasteiger partial charge in [-0.15, -0.1) is 0 Å². The number of thiol groups is 1. The minimum absolute atomic E-state index is 0.0216. The predicted octanol–water partition coefficient (Wildman–Crippen LogP) is 4.47. The molecular formula is C31H43N3O6S. The quantitative estimate of drug-likeness (QED) is 0.265. The molecule has 10 heteroatoms. The van der Waals surface area contributed by atoms with Gasteiger partial charge in [0.05, 0.1) is 0 Å². The zero-order chi connectivity index (χ0) is 30.8. The smallest absolute Gasteiger partial charge is 0.408 e. The van der Waals surface area contributed by atoms with Crippen molar-refractivity contribution in [1.82, 2.24) is 15.5 Å². The van der Waals surface area contributed by atoms with Crippen molar-refractivity contribution in [2.24, 2.45) is 0 Å².